The van der Waals surface area contributed by atoms with Crippen molar-refractivity contribution in [2.75, 3.05) is 19.8 Å². The second-order valence-corrected chi connectivity index (χ2v) is 6.27. The van der Waals surface area contributed by atoms with E-state index in [0.717, 1.165) is 25.9 Å². The molecule has 1 aliphatic heterocycles. The zero-order valence-electron chi connectivity index (χ0n) is 14.4. The highest BCUT2D eigenvalue weighted by molar-refractivity contribution is 6.63. The van der Waals surface area contributed by atoms with Gasteiger partial charge in [0, 0.05) is 19.4 Å². The number of hydrogen-bond donors (Lipinski definition) is 1. The van der Waals surface area contributed by atoms with Crippen LogP contribution in [0.1, 0.15) is 51.9 Å². The van der Waals surface area contributed by atoms with Crippen LogP contribution in [-0.2, 0) is 28.6 Å². The second-order valence-electron chi connectivity index (χ2n) is 5.43. The van der Waals surface area contributed by atoms with Gasteiger partial charge in [-0.15, -0.1) is 0 Å². The Bertz CT molecular complexity index is 380. The first-order valence-corrected chi connectivity index (χ1v) is 9.03. The summed E-state index contributed by atoms with van der Waals surface area (Å²) >= 11 is 10.1. The van der Waals surface area contributed by atoms with Gasteiger partial charge >= 0.3 is 5.97 Å². The minimum atomic E-state index is -1.07. The van der Waals surface area contributed by atoms with Gasteiger partial charge in [-0.3, -0.25) is 9.59 Å². The molecule has 1 saturated heterocycles. The molecule has 7 nitrogen and oxygen atoms in total. The lowest BCUT2D eigenvalue weighted by Crippen LogP contribution is -2.26. The molecule has 25 heavy (non-hydrogen) atoms. The van der Waals surface area contributed by atoms with Crippen LogP contribution >= 0.6 is 23.2 Å². The van der Waals surface area contributed by atoms with Crippen molar-refractivity contribution in [1.29, 1.82) is 0 Å². The minimum Gasteiger partial charge on any atom is -0.461 e. The summed E-state index contributed by atoms with van der Waals surface area (Å²) in [6.45, 7) is 2.57. The molecule has 0 saturated carbocycles. The zero-order chi connectivity index (χ0) is 19.1. The number of rotatable bonds is 10. The smallest absolute Gasteiger partial charge is 0.334 e. The van der Waals surface area contributed by atoms with E-state index in [1.165, 1.54) is 6.92 Å². The van der Waals surface area contributed by atoms with Crippen LogP contribution < -0.4 is 0 Å². The van der Waals surface area contributed by atoms with Gasteiger partial charge in [0.25, 0.3) is 0 Å². The number of esters is 1. The summed E-state index contributed by atoms with van der Waals surface area (Å²) in [6.07, 6.45) is 3.78. The van der Waals surface area contributed by atoms with Crippen molar-refractivity contribution in [2.45, 2.75) is 64.3 Å². The Labute approximate surface area is 157 Å². The topological polar surface area (TPSA) is 99.1 Å². The Morgan fingerprint density at radius 2 is 1.72 bits per heavy atom. The number of carbonyl (C=O) groups excluding carboxylic acids is 3. The van der Waals surface area contributed by atoms with E-state index in [-0.39, 0.29) is 23.4 Å². The van der Waals surface area contributed by atoms with Crippen molar-refractivity contribution >= 4 is 39.7 Å². The number of halogens is 2. The fourth-order valence-electron chi connectivity index (χ4n) is 1.81. The summed E-state index contributed by atoms with van der Waals surface area (Å²) in [5.41, 5.74) is 0. The lowest BCUT2D eigenvalue weighted by Gasteiger charge is -2.22. The third-order valence-electron chi connectivity index (χ3n) is 3.11. The van der Waals surface area contributed by atoms with Crippen LogP contribution in [-0.4, -0.2) is 53.8 Å². The van der Waals surface area contributed by atoms with Crippen molar-refractivity contribution in [1.82, 2.24) is 0 Å². The van der Waals surface area contributed by atoms with E-state index >= 15 is 0 Å². The molecule has 2 atom stereocenters. The molecule has 0 aliphatic carbocycles. The molecule has 1 N–H and O–H groups in total. The van der Waals surface area contributed by atoms with Crippen LogP contribution in [0.5, 0.6) is 0 Å². The molecule has 146 valence electrons. The first-order valence-electron chi connectivity index (χ1n) is 8.27. The molecular formula is C16H26Cl2O7. The van der Waals surface area contributed by atoms with E-state index in [1.807, 2.05) is 0 Å². The molecule has 1 heterocycles. The van der Waals surface area contributed by atoms with Crippen molar-refractivity contribution in [2.24, 2.45) is 0 Å². The van der Waals surface area contributed by atoms with Crippen molar-refractivity contribution in [3.63, 3.8) is 0 Å². The van der Waals surface area contributed by atoms with E-state index in [1.54, 1.807) is 0 Å². The van der Waals surface area contributed by atoms with Crippen LogP contribution in [0.3, 0.4) is 0 Å². The van der Waals surface area contributed by atoms with Gasteiger partial charge < -0.3 is 19.3 Å². The van der Waals surface area contributed by atoms with Crippen molar-refractivity contribution in [3.8, 4) is 0 Å². The highest BCUT2D eigenvalue weighted by atomic mass is 35.5. The Hall–Kier alpha value is -0.730. The molecule has 0 aromatic carbocycles. The lowest BCUT2D eigenvalue weighted by molar-refractivity contribution is -0.176. The first kappa shape index (κ1) is 24.3. The number of aliphatic hydroxyl groups excluding tert-OH is 1. The maximum Gasteiger partial charge on any atom is 0.334 e. The van der Waals surface area contributed by atoms with Gasteiger partial charge in [0.05, 0.1) is 6.61 Å². The summed E-state index contributed by atoms with van der Waals surface area (Å²) in [6, 6.07) is 0. The molecule has 2 unspecified atom stereocenters. The van der Waals surface area contributed by atoms with Crippen LogP contribution in [0.2, 0.25) is 0 Å². The maximum atomic E-state index is 10.8. The fraction of sp³-hybridized carbons (Fsp3) is 0.812. The molecule has 1 rings (SSSR count). The largest absolute Gasteiger partial charge is 0.461 e. The summed E-state index contributed by atoms with van der Waals surface area (Å²) in [5, 5.41) is 8.11. The molecule has 9 heteroatoms. The van der Waals surface area contributed by atoms with Crippen molar-refractivity contribution < 1.29 is 33.7 Å². The third-order valence-corrected chi connectivity index (χ3v) is 3.49. The maximum absolute atomic E-state index is 10.8. The second kappa shape index (κ2) is 15.5. The molecular weight excluding hydrogens is 375 g/mol. The van der Waals surface area contributed by atoms with Gasteiger partial charge in [-0.2, -0.15) is 0 Å². The summed E-state index contributed by atoms with van der Waals surface area (Å²) in [4.78, 5) is 31.1. The highest BCUT2D eigenvalue weighted by Gasteiger charge is 2.14. The minimum absolute atomic E-state index is 0.156. The van der Waals surface area contributed by atoms with Gasteiger partial charge in [-0.25, -0.2) is 4.79 Å². The predicted molar refractivity (Wildman–Crippen MR) is 92.4 cm³/mol. The average molecular weight is 401 g/mol. The Morgan fingerprint density at radius 3 is 2.16 bits per heavy atom. The normalized spacial score (nSPS) is 17.8. The number of aliphatic hydroxyl groups is 1. The number of ether oxygens (including phenoxy) is 3. The van der Waals surface area contributed by atoms with Gasteiger partial charge in [0.2, 0.25) is 10.5 Å². The number of carbonyl (C=O) groups is 3. The monoisotopic (exact) mass is 400 g/mol. The van der Waals surface area contributed by atoms with Gasteiger partial charge in [0.15, 0.2) is 6.29 Å². The summed E-state index contributed by atoms with van der Waals surface area (Å²) in [5.74, 6) is -0.622. The predicted octanol–water partition coefficient (Wildman–Crippen LogP) is 2.53. The van der Waals surface area contributed by atoms with Gasteiger partial charge in [0.1, 0.15) is 12.7 Å². The molecule has 1 fully saturated rings. The number of hydrogen-bond acceptors (Lipinski definition) is 7. The first-order chi connectivity index (χ1) is 11.8. The molecule has 0 aromatic rings. The third kappa shape index (κ3) is 16.5. The molecule has 1 aliphatic rings. The van der Waals surface area contributed by atoms with Crippen LogP contribution in [0.25, 0.3) is 0 Å². The van der Waals surface area contributed by atoms with E-state index in [2.05, 4.69) is 0 Å². The average Bonchev–Trinajstić information content (AvgIpc) is 2.56. The van der Waals surface area contributed by atoms with Gasteiger partial charge in [-0.05, 0) is 62.2 Å². The molecule has 0 radical (unpaired) electrons. The molecule has 0 aromatic heterocycles. The molecule has 0 amide bonds. The van der Waals surface area contributed by atoms with Crippen molar-refractivity contribution in [3.05, 3.63) is 0 Å². The number of unbranched alkanes of at least 4 members (excludes halogenated alkanes) is 1. The van der Waals surface area contributed by atoms with Crippen LogP contribution in [0, 0.1) is 0 Å². The van der Waals surface area contributed by atoms with E-state index < -0.39 is 12.1 Å². The van der Waals surface area contributed by atoms with E-state index in [4.69, 9.17) is 42.5 Å². The quantitative estimate of drug-likeness (QED) is 0.341. The highest BCUT2D eigenvalue weighted by Crippen LogP contribution is 2.13. The summed E-state index contributed by atoms with van der Waals surface area (Å²) < 4.78 is 15.4. The lowest BCUT2D eigenvalue weighted by atomic mass is 10.2. The Kier molecular flexibility index (Phi) is 15.1. The Morgan fingerprint density at radius 1 is 1.12 bits per heavy atom. The van der Waals surface area contributed by atoms with E-state index in [9.17, 15) is 14.4 Å². The van der Waals surface area contributed by atoms with E-state index in [0.29, 0.717) is 32.3 Å². The fourth-order valence-corrected chi connectivity index (χ4v) is 2.08. The standard InChI is InChI=1S/C10H18O5.C6H8Cl2O2/c1-8(11)10(12)15-7-6-14-9-4-2-3-5-13-9;7-5(9)3-1-2-4-6(8)10/h8-9,11H,2-7H2,1H3;1-4H2. The Balaban J connectivity index is 0.000000504. The van der Waals surface area contributed by atoms with Crippen LogP contribution in [0.4, 0.5) is 0 Å². The van der Waals surface area contributed by atoms with Gasteiger partial charge in [-0.1, -0.05) is 0 Å². The molecule has 0 spiro atoms. The van der Waals surface area contributed by atoms with Crippen LogP contribution in [0.15, 0.2) is 0 Å². The zero-order valence-corrected chi connectivity index (χ0v) is 15.9. The summed E-state index contributed by atoms with van der Waals surface area (Å²) in [7, 11) is 0. The SMILES string of the molecule is CC(O)C(=O)OCCOC1CCCCO1.O=C(Cl)CCCCC(=O)Cl. The molecule has 0 bridgehead atoms.